The molecule has 0 N–H and O–H groups in total. The second kappa shape index (κ2) is 3.98. The second-order valence-electron chi connectivity index (χ2n) is 1.96. The van der Waals surface area contributed by atoms with Gasteiger partial charge >= 0.3 is 6.21 Å². The number of carbonyl (C=O) groups excluding carboxylic acids is 1. The zero-order valence-electron chi connectivity index (χ0n) is 5.66. The van der Waals surface area contributed by atoms with Crippen molar-refractivity contribution in [2.24, 2.45) is 5.92 Å². The van der Waals surface area contributed by atoms with Gasteiger partial charge in [-0.1, -0.05) is 13.8 Å². The SMILES string of the molecule is CC[C@@H](C)C(=O)C=[N+]=[N-]. The van der Waals surface area contributed by atoms with Crippen LogP contribution in [-0.2, 0) is 4.79 Å². The topological polar surface area (TPSA) is 53.5 Å². The zero-order chi connectivity index (χ0) is 7.28. The van der Waals surface area contributed by atoms with E-state index in [0.717, 1.165) is 12.6 Å². The molecule has 50 valence electrons. The van der Waals surface area contributed by atoms with Crippen molar-refractivity contribution in [2.45, 2.75) is 20.3 Å². The third-order valence-electron chi connectivity index (χ3n) is 1.28. The van der Waals surface area contributed by atoms with Crippen molar-refractivity contribution in [2.75, 3.05) is 0 Å². The van der Waals surface area contributed by atoms with Gasteiger partial charge in [-0.2, -0.15) is 4.79 Å². The summed E-state index contributed by atoms with van der Waals surface area (Å²) in [5.74, 6) is -0.152. The molecular weight excluding hydrogens is 116 g/mol. The fraction of sp³-hybridized carbons (Fsp3) is 0.667. The minimum atomic E-state index is -0.125. The lowest BCUT2D eigenvalue weighted by atomic mass is 10.1. The van der Waals surface area contributed by atoms with E-state index in [1.165, 1.54) is 0 Å². The molecule has 0 heterocycles. The van der Waals surface area contributed by atoms with E-state index < -0.39 is 0 Å². The first kappa shape index (κ1) is 8.05. The number of Topliss-reactive ketones (excluding diaryl/α,β-unsaturated/α-hetero) is 1. The highest BCUT2D eigenvalue weighted by molar-refractivity contribution is 6.26. The Morgan fingerprint density at radius 1 is 1.89 bits per heavy atom. The van der Waals surface area contributed by atoms with Gasteiger partial charge in [0.25, 0.3) is 0 Å². The van der Waals surface area contributed by atoms with Crippen molar-refractivity contribution in [3.05, 3.63) is 5.53 Å². The van der Waals surface area contributed by atoms with Gasteiger partial charge < -0.3 is 5.53 Å². The first-order valence-corrected chi connectivity index (χ1v) is 2.93. The first-order chi connectivity index (χ1) is 4.22. The maximum atomic E-state index is 10.7. The van der Waals surface area contributed by atoms with E-state index in [0.29, 0.717) is 0 Å². The highest BCUT2D eigenvalue weighted by Gasteiger charge is 2.10. The maximum absolute atomic E-state index is 10.7. The van der Waals surface area contributed by atoms with Crippen LogP contribution in [0.5, 0.6) is 0 Å². The van der Waals surface area contributed by atoms with Crippen molar-refractivity contribution in [3.63, 3.8) is 0 Å². The molecule has 0 rings (SSSR count). The average Bonchev–Trinajstić information content (AvgIpc) is 1.87. The van der Waals surface area contributed by atoms with E-state index >= 15 is 0 Å². The van der Waals surface area contributed by atoms with Crippen molar-refractivity contribution in [1.29, 1.82) is 0 Å². The van der Waals surface area contributed by atoms with E-state index in [2.05, 4.69) is 4.79 Å². The fourth-order valence-electron chi connectivity index (χ4n) is 0.385. The van der Waals surface area contributed by atoms with Crippen LogP contribution >= 0.6 is 0 Å². The lowest BCUT2D eigenvalue weighted by Crippen LogP contribution is -2.10. The summed E-state index contributed by atoms with van der Waals surface area (Å²) in [5, 5.41) is 0. The molecule has 3 heteroatoms. The number of nitrogens with zero attached hydrogens (tertiary/aromatic N) is 2. The van der Waals surface area contributed by atoms with Crippen molar-refractivity contribution >= 4 is 12.0 Å². The molecule has 0 saturated carbocycles. The molecule has 0 amide bonds. The van der Waals surface area contributed by atoms with Gasteiger partial charge in [0.15, 0.2) is 0 Å². The van der Waals surface area contributed by atoms with E-state index in [-0.39, 0.29) is 11.7 Å². The molecule has 0 aliphatic carbocycles. The number of ketones is 1. The minimum absolute atomic E-state index is 0.0269. The molecule has 0 aromatic carbocycles. The van der Waals surface area contributed by atoms with E-state index in [1.54, 1.807) is 6.92 Å². The van der Waals surface area contributed by atoms with Crippen LogP contribution in [0.2, 0.25) is 0 Å². The van der Waals surface area contributed by atoms with Gasteiger partial charge in [-0.15, -0.1) is 0 Å². The number of hydrogen-bond donors (Lipinski definition) is 0. The summed E-state index contributed by atoms with van der Waals surface area (Å²) in [4.78, 5) is 13.3. The van der Waals surface area contributed by atoms with Crippen LogP contribution in [0.3, 0.4) is 0 Å². The Labute approximate surface area is 54.3 Å². The monoisotopic (exact) mass is 126 g/mol. The molecule has 9 heavy (non-hydrogen) atoms. The van der Waals surface area contributed by atoms with Gasteiger partial charge in [-0.25, -0.2) is 0 Å². The summed E-state index contributed by atoms with van der Waals surface area (Å²) in [7, 11) is 0. The molecule has 0 spiro atoms. The Morgan fingerprint density at radius 3 is 2.78 bits per heavy atom. The molecule has 0 unspecified atom stereocenters. The third kappa shape index (κ3) is 2.77. The van der Waals surface area contributed by atoms with Gasteiger partial charge in [-0.3, -0.25) is 4.79 Å². The van der Waals surface area contributed by atoms with E-state index in [9.17, 15) is 4.79 Å². The van der Waals surface area contributed by atoms with Gasteiger partial charge in [0.2, 0.25) is 5.78 Å². The Morgan fingerprint density at radius 2 is 2.44 bits per heavy atom. The maximum Gasteiger partial charge on any atom is 0.323 e. The number of rotatable bonds is 3. The molecule has 0 radical (unpaired) electrons. The Hall–Kier alpha value is -0.950. The van der Waals surface area contributed by atoms with E-state index in [1.807, 2.05) is 6.92 Å². The molecule has 0 aromatic heterocycles. The quantitative estimate of drug-likeness (QED) is 0.315. The van der Waals surface area contributed by atoms with Crippen LogP contribution < -0.4 is 0 Å². The largest absolute Gasteiger partial charge is 0.361 e. The number of carbonyl (C=O) groups is 1. The van der Waals surface area contributed by atoms with Gasteiger partial charge in [-0.05, 0) is 6.42 Å². The molecule has 0 aliphatic heterocycles. The molecule has 1 atom stereocenters. The predicted molar refractivity (Wildman–Crippen MR) is 34.1 cm³/mol. The Kier molecular flexibility index (Phi) is 3.56. The molecule has 0 aromatic rings. The zero-order valence-corrected chi connectivity index (χ0v) is 5.66. The van der Waals surface area contributed by atoms with Gasteiger partial charge in [0.1, 0.15) is 0 Å². The fourth-order valence-corrected chi connectivity index (χ4v) is 0.385. The lowest BCUT2D eigenvalue weighted by Gasteiger charge is -1.95. The van der Waals surface area contributed by atoms with Crippen molar-refractivity contribution < 1.29 is 9.58 Å². The standard InChI is InChI=1S/C6H10N2O/c1-3-5(2)6(9)4-8-7/h4-5H,3H2,1-2H3/t5-/m1/s1. The molecule has 0 fully saturated rings. The van der Waals surface area contributed by atoms with Crippen LogP contribution in [0.15, 0.2) is 0 Å². The second-order valence-corrected chi connectivity index (χ2v) is 1.96. The summed E-state index contributed by atoms with van der Waals surface area (Å²) >= 11 is 0. The highest BCUT2D eigenvalue weighted by atomic mass is 16.1. The van der Waals surface area contributed by atoms with Crippen LogP contribution in [0, 0.1) is 5.92 Å². The van der Waals surface area contributed by atoms with Crippen LogP contribution in [0.1, 0.15) is 20.3 Å². The molecule has 0 aliphatic rings. The van der Waals surface area contributed by atoms with Crippen molar-refractivity contribution in [1.82, 2.24) is 0 Å². The Balaban J connectivity index is 3.87. The third-order valence-corrected chi connectivity index (χ3v) is 1.28. The minimum Gasteiger partial charge on any atom is -0.361 e. The van der Waals surface area contributed by atoms with Gasteiger partial charge in [0, 0.05) is 5.92 Å². The van der Waals surface area contributed by atoms with Gasteiger partial charge in [0.05, 0.1) is 0 Å². The lowest BCUT2D eigenvalue weighted by molar-refractivity contribution is -0.119. The normalized spacial score (nSPS) is 11.8. The smallest absolute Gasteiger partial charge is 0.323 e. The Bertz CT molecular complexity index is 147. The molecule has 3 nitrogen and oxygen atoms in total. The van der Waals surface area contributed by atoms with Crippen LogP contribution in [0.4, 0.5) is 0 Å². The summed E-state index contributed by atoms with van der Waals surface area (Å²) in [6, 6.07) is 0. The molecular formula is C6H10N2O. The van der Waals surface area contributed by atoms with E-state index in [4.69, 9.17) is 5.53 Å². The predicted octanol–water partition coefficient (Wildman–Crippen LogP) is 0.902. The molecule has 0 bridgehead atoms. The van der Waals surface area contributed by atoms with Crippen molar-refractivity contribution in [3.8, 4) is 0 Å². The average molecular weight is 126 g/mol. The summed E-state index contributed by atoms with van der Waals surface area (Å²) in [5.41, 5.74) is 7.93. The summed E-state index contributed by atoms with van der Waals surface area (Å²) in [6.07, 6.45) is 1.72. The first-order valence-electron chi connectivity index (χ1n) is 2.93. The van der Waals surface area contributed by atoms with Crippen LogP contribution in [0.25, 0.3) is 5.53 Å². The number of hydrogen-bond acceptors (Lipinski definition) is 1. The molecule has 0 saturated heterocycles. The summed E-state index contributed by atoms with van der Waals surface area (Å²) < 4.78 is 0. The van der Waals surface area contributed by atoms with Crippen LogP contribution in [-0.4, -0.2) is 16.8 Å². The highest BCUT2D eigenvalue weighted by Crippen LogP contribution is 1.98. The summed E-state index contributed by atoms with van der Waals surface area (Å²) in [6.45, 7) is 3.71.